The maximum absolute atomic E-state index is 13.9. The Bertz CT molecular complexity index is 2830. The predicted octanol–water partition coefficient (Wildman–Crippen LogP) is 6.67. The Balaban J connectivity index is 0.717. The molecule has 0 unspecified atom stereocenters. The van der Waals surface area contributed by atoms with Gasteiger partial charge < -0.3 is 44.9 Å². The fourth-order valence-corrected chi connectivity index (χ4v) is 10.5. The standard InChI is InChI=1S/C57H63N5O9/c63-49-20-18-47(48-19-21-51(65)59-53(48)49)50(64)36-58-35-40-14-16-43(17-15-40)54(67)62-32-26-56(27-33-62)24-30-61(31-25-56)52(66)39-70-46-13-7-12-45(34-46)57(69,44-10-5-2-6-11-44)55(68)71-38-42-22-28-60(29-23-42)37-41-8-3-1-4-9-41/h1-21,34,42,50,58,63-64,69H,22-33,35-39H2,(H,59,65)/t50-,57-/m0/s1. The third-order valence-corrected chi connectivity index (χ3v) is 14.9. The summed E-state index contributed by atoms with van der Waals surface area (Å²) in [5.41, 5.74) is 2.03. The van der Waals surface area contributed by atoms with Crippen molar-refractivity contribution in [3.8, 4) is 11.5 Å². The molecule has 3 fully saturated rings. The van der Waals surface area contributed by atoms with Crippen molar-refractivity contribution in [1.82, 2.24) is 25.0 Å². The Morgan fingerprint density at radius 2 is 1.41 bits per heavy atom. The zero-order valence-corrected chi connectivity index (χ0v) is 40.0. The van der Waals surface area contributed by atoms with Gasteiger partial charge in [-0.15, -0.1) is 0 Å². The number of fused-ring (bicyclic) bond motifs is 1. The highest BCUT2D eigenvalue weighted by Crippen LogP contribution is 2.42. The number of benzene rings is 5. The van der Waals surface area contributed by atoms with Crippen LogP contribution in [-0.2, 0) is 33.0 Å². The lowest BCUT2D eigenvalue weighted by Crippen LogP contribution is -2.50. The summed E-state index contributed by atoms with van der Waals surface area (Å²) < 4.78 is 11.9. The number of likely N-dealkylation sites (tertiary alicyclic amines) is 3. The molecule has 0 radical (unpaired) electrons. The maximum atomic E-state index is 13.9. The Labute approximate surface area is 413 Å². The van der Waals surface area contributed by atoms with Crippen LogP contribution in [0.3, 0.4) is 0 Å². The number of hydrogen-bond donors (Lipinski definition) is 5. The van der Waals surface area contributed by atoms with Crippen LogP contribution < -0.4 is 15.6 Å². The summed E-state index contributed by atoms with van der Waals surface area (Å²) in [6, 6.07) is 39.4. The van der Waals surface area contributed by atoms with Crippen molar-refractivity contribution in [2.24, 2.45) is 11.3 Å². The molecule has 0 bridgehead atoms. The van der Waals surface area contributed by atoms with E-state index in [1.807, 2.05) is 46.2 Å². The summed E-state index contributed by atoms with van der Waals surface area (Å²) in [4.78, 5) is 61.6. The van der Waals surface area contributed by atoms with Gasteiger partial charge in [-0.05, 0) is 122 Å². The molecule has 3 aliphatic rings. The molecule has 370 valence electrons. The first-order valence-corrected chi connectivity index (χ1v) is 24.8. The molecule has 1 aromatic heterocycles. The molecule has 2 amide bonds. The molecule has 4 heterocycles. The molecule has 14 heteroatoms. The molecule has 9 rings (SSSR count). The molecule has 71 heavy (non-hydrogen) atoms. The van der Waals surface area contributed by atoms with Gasteiger partial charge in [0.1, 0.15) is 11.5 Å². The lowest BCUT2D eigenvalue weighted by Gasteiger charge is -2.46. The number of nitrogens with zero attached hydrogens (tertiary/aromatic N) is 3. The van der Waals surface area contributed by atoms with Crippen LogP contribution in [0.1, 0.15) is 82.8 Å². The number of aromatic hydroxyl groups is 1. The van der Waals surface area contributed by atoms with Crippen molar-refractivity contribution >= 4 is 28.7 Å². The zero-order valence-electron chi connectivity index (χ0n) is 40.0. The molecular weight excluding hydrogens is 899 g/mol. The van der Waals surface area contributed by atoms with E-state index in [9.17, 15) is 34.5 Å². The molecule has 0 saturated carbocycles. The lowest BCUT2D eigenvalue weighted by molar-refractivity contribution is -0.164. The number of esters is 1. The van der Waals surface area contributed by atoms with Crippen LogP contribution in [0, 0.1) is 11.3 Å². The number of rotatable bonds is 16. The number of H-pyrrole nitrogens is 1. The fraction of sp³-hybridized carbons (Fsp3) is 0.368. The topological polar surface area (TPSA) is 185 Å². The van der Waals surface area contributed by atoms with Gasteiger partial charge in [-0.1, -0.05) is 91.0 Å². The highest BCUT2D eigenvalue weighted by Gasteiger charge is 2.43. The van der Waals surface area contributed by atoms with Crippen LogP contribution in [0.4, 0.5) is 0 Å². The highest BCUT2D eigenvalue weighted by atomic mass is 16.6. The van der Waals surface area contributed by atoms with E-state index in [4.69, 9.17) is 9.47 Å². The monoisotopic (exact) mass is 961 g/mol. The quantitative estimate of drug-likeness (QED) is 0.0653. The molecule has 2 atom stereocenters. The van der Waals surface area contributed by atoms with Crippen LogP contribution in [0.15, 0.2) is 138 Å². The Hall–Kier alpha value is -6.84. The van der Waals surface area contributed by atoms with E-state index in [0.29, 0.717) is 66.1 Å². The van der Waals surface area contributed by atoms with Gasteiger partial charge in [0.05, 0.1) is 18.2 Å². The van der Waals surface area contributed by atoms with Crippen molar-refractivity contribution in [3.05, 3.63) is 177 Å². The number of nitrogens with one attached hydrogen (secondary N) is 2. The molecule has 0 aliphatic carbocycles. The first-order valence-electron chi connectivity index (χ1n) is 24.8. The summed E-state index contributed by atoms with van der Waals surface area (Å²) in [6.07, 6.45) is 4.31. The number of carbonyl (C=O) groups is 3. The molecule has 14 nitrogen and oxygen atoms in total. The van der Waals surface area contributed by atoms with E-state index in [2.05, 4.69) is 39.5 Å². The average Bonchev–Trinajstić information content (AvgIpc) is 3.41. The number of piperidine rings is 3. The SMILES string of the molecule is O=C(COc1cccc([C@](O)(C(=O)OCC2CCN(Cc3ccccc3)CC2)c2ccccc2)c1)N1CCC2(CC1)CCN(C(=O)c1ccc(CNC[C@H](O)c3ccc(O)c4[nH]c(=O)ccc34)cc1)CC2. The zero-order chi connectivity index (χ0) is 49.4. The number of hydrogen-bond acceptors (Lipinski definition) is 11. The number of pyridine rings is 1. The van der Waals surface area contributed by atoms with Gasteiger partial charge in [-0.3, -0.25) is 19.3 Å². The van der Waals surface area contributed by atoms with Gasteiger partial charge >= 0.3 is 5.97 Å². The summed E-state index contributed by atoms with van der Waals surface area (Å²) >= 11 is 0. The third-order valence-electron chi connectivity index (χ3n) is 14.9. The van der Waals surface area contributed by atoms with Crippen LogP contribution in [0.25, 0.3) is 10.9 Å². The van der Waals surface area contributed by atoms with Crippen molar-refractivity contribution in [2.75, 3.05) is 59.0 Å². The van der Waals surface area contributed by atoms with Gasteiger partial charge in [0.2, 0.25) is 11.2 Å². The average molecular weight is 962 g/mol. The molecule has 3 aliphatic heterocycles. The van der Waals surface area contributed by atoms with Gasteiger partial charge in [-0.2, -0.15) is 0 Å². The first kappa shape index (κ1) is 49.2. The van der Waals surface area contributed by atoms with E-state index >= 15 is 0 Å². The summed E-state index contributed by atoms with van der Waals surface area (Å²) in [5, 5.41) is 37.2. The number of phenolic OH excluding ortho intramolecular Hbond substituents is 1. The number of carbonyl (C=O) groups excluding carboxylic acids is 3. The minimum atomic E-state index is -2.09. The van der Waals surface area contributed by atoms with Crippen molar-refractivity contribution in [2.45, 2.75) is 63.3 Å². The van der Waals surface area contributed by atoms with E-state index < -0.39 is 17.7 Å². The number of aromatic nitrogens is 1. The number of ether oxygens (including phenoxy) is 2. The Kier molecular flexibility index (Phi) is 15.3. The van der Waals surface area contributed by atoms with E-state index in [-0.39, 0.29) is 59.7 Å². The van der Waals surface area contributed by atoms with Crippen molar-refractivity contribution < 1.29 is 39.2 Å². The van der Waals surface area contributed by atoms with E-state index in [0.717, 1.165) is 63.7 Å². The van der Waals surface area contributed by atoms with E-state index in [1.54, 1.807) is 60.7 Å². The van der Waals surface area contributed by atoms with Crippen molar-refractivity contribution in [3.63, 3.8) is 0 Å². The summed E-state index contributed by atoms with van der Waals surface area (Å²) in [7, 11) is 0. The van der Waals surface area contributed by atoms with Gasteiger partial charge in [-0.25, -0.2) is 4.79 Å². The molecular formula is C57H63N5O9. The third kappa shape index (κ3) is 11.5. The first-order chi connectivity index (χ1) is 34.5. The summed E-state index contributed by atoms with van der Waals surface area (Å²) in [5.74, 6) is -0.409. The fourth-order valence-electron chi connectivity index (χ4n) is 10.5. The van der Waals surface area contributed by atoms with Gasteiger partial charge in [0, 0.05) is 68.4 Å². The van der Waals surface area contributed by atoms with Crippen LogP contribution in [0.5, 0.6) is 11.5 Å². The number of aromatic amines is 1. The molecule has 6 aromatic rings. The predicted molar refractivity (Wildman–Crippen MR) is 270 cm³/mol. The lowest BCUT2D eigenvalue weighted by atomic mass is 9.71. The van der Waals surface area contributed by atoms with Gasteiger partial charge in [0.15, 0.2) is 6.61 Å². The summed E-state index contributed by atoms with van der Waals surface area (Å²) in [6.45, 7) is 5.92. The van der Waals surface area contributed by atoms with Crippen LogP contribution >= 0.6 is 0 Å². The molecule has 3 saturated heterocycles. The van der Waals surface area contributed by atoms with E-state index in [1.165, 1.54) is 17.7 Å². The van der Waals surface area contributed by atoms with Crippen LogP contribution in [-0.4, -0.2) is 112 Å². The number of amides is 2. The largest absolute Gasteiger partial charge is 0.506 e. The minimum absolute atomic E-state index is 0.00840. The Morgan fingerprint density at radius 3 is 2.11 bits per heavy atom. The second kappa shape index (κ2) is 22.1. The Morgan fingerprint density at radius 1 is 0.746 bits per heavy atom. The molecule has 1 spiro atoms. The number of aliphatic hydroxyl groups excluding tert-OH is 1. The maximum Gasteiger partial charge on any atom is 0.347 e. The van der Waals surface area contributed by atoms with Crippen molar-refractivity contribution in [1.29, 1.82) is 0 Å². The normalized spacial score (nSPS) is 17.7. The van der Waals surface area contributed by atoms with Crippen LogP contribution in [0.2, 0.25) is 0 Å². The molecule has 5 N–H and O–H groups in total. The smallest absolute Gasteiger partial charge is 0.347 e. The second-order valence-corrected chi connectivity index (χ2v) is 19.5. The minimum Gasteiger partial charge on any atom is -0.506 e. The molecule has 5 aromatic carbocycles. The number of aliphatic hydroxyl groups is 2. The number of phenols is 1. The highest BCUT2D eigenvalue weighted by molar-refractivity contribution is 5.94. The van der Waals surface area contributed by atoms with Gasteiger partial charge in [0.25, 0.3) is 11.8 Å². The second-order valence-electron chi connectivity index (χ2n) is 19.5.